The Morgan fingerprint density at radius 3 is 2.27 bits per heavy atom. The number of imide groups is 1. The minimum Gasteiger partial charge on any atom is -0.352 e. The molecule has 30 heavy (non-hydrogen) atoms. The maximum atomic E-state index is 13.5. The average Bonchev–Trinajstić information content (AvgIpc) is 3.01. The maximum absolute atomic E-state index is 13.5. The lowest BCUT2D eigenvalue weighted by atomic mass is 9.83. The standard InChI is InChI=1S/C24H27N3O3/c28-21(25-20-14-8-3-9-15-20)17-27-22(29)24(26-23(27)30,19-12-6-2-7-13-19)16-18-10-4-1-5-11-18/h1-2,4-7,10-13,20H,3,8-9,14-17H2,(H,25,28)(H,26,30)/t24-/m1/s1. The molecule has 0 aromatic heterocycles. The second kappa shape index (κ2) is 8.69. The number of hydrogen-bond acceptors (Lipinski definition) is 3. The van der Waals surface area contributed by atoms with Crippen molar-refractivity contribution in [2.75, 3.05) is 6.54 Å². The second-order valence-corrected chi connectivity index (χ2v) is 8.16. The minimum atomic E-state index is -1.22. The third kappa shape index (κ3) is 4.08. The predicted molar refractivity (Wildman–Crippen MR) is 114 cm³/mol. The molecule has 2 N–H and O–H groups in total. The van der Waals surface area contributed by atoms with Crippen LogP contribution in [0.1, 0.15) is 43.2 Å². The summed E-state index contributed by atoms with van der Waals surface area (Å²) < 4.78 is 0. The van der Waals surface area contributed by atoms with E-state index < -0.39 is 11.6 Å². The SMILES string of the molecule is O=C(CN1C(=O)N[C@](Cc2ccccc2)(c2ccccc2)C1=O)NC1CCCCC1. The van der Waals surface area contributed by atoms with Gasteiger partial charge in [0.2, 0.25) is 5.91 Å². The van der Waals surface area contributed by atoms with Crippen LogP contribution in [0.5, 0.6) is 0 Å². The zero-order valence-corrected chi connectivity index (χ0v) is 17.0. The van der Waals surface area contributed by atoms with Crippen LogP contribution in [-0.2, 0) is 21.5 Å². The highest BCUT2D eigenvalue weighted by Crippen LogP contribution is 2.33. The molecular weight excluding hydrogens is 378 g/mol. The van der Waals surface area contributed by atoms with Gasteiger partial charge in [-0.2, -0.15) is 0 Å². The second-order valence-electron chi connectivity index (χ2n) is 8.16. The Morgan fingerprint density at radius 2 is 1.60 bits per heavy atom. The van der Waals surface area contributed by atoms with Crippen molar-refractivity contribution in [3.63, 3.8) is 0 Å². The van der Waals surface area contributed by atoms with Gasteiger partial charge < -0.3 is 10.6 Å². The summed E-state index contributed by atoms with van der Waals surface area (Å²) >= 11 is 0. The van der Waals surface area contributed by atoms with Crippen molar-refractivity contribution < 1.29 is 14.4 Å². The van der Waals surface area contributed by atoms with Crippen LogP contribution >= 0.6 is 0 Å². The van der Waals surface area contributed by atoms with E-state index in [1.165, 1.54) is 6.42 Å². The summed E-state index contributed by atoms with van der Waals surface area (Å²) in [4.78, 5) is 40.0. The Labute approximate surface area is 176 Å². The van der Waals surface area contributed by atoms with Crippen molar-refractivity contribution in [2.24, 2.45) is 0 Å². The smallest absolute Gasteiger partial charge is 0.325 e. The van der Waals surface area contributed by atoms with Crippen LogP contribution in [0.15, 0.2) is 60.7 Å². The molecule has 4 amide bonds. The van der Waals surface area contributed by atoms with Crippen molar-refractivity contribution in [1.29, 1.82) is 0 Å². The van der Waals surface area contributed by atoms with Gasteiger partial charge in [-0.15, -0.1) is 0 Å². The van der Waals surface area contributed by atoms with E-state index in [2.05, 4.69) is 10.6 Å². The molecule has 156 valence electrons. The van der Waals surface area contributed by atoms with E-state index in [1.54, 1.807) is 0 Å². The van der Waals surface area contributed by atoms with Crippen LogP contribution in [0.3, 0.4) is 0 Å². The number of benzene rings is 2. The minimum absolute atomic E-state index is 0.134. The molecule has 2 aliphatic rings. The van der Waals surface area contributed by atoms with E-state index >= 15 is 0 Å². The van der Waals surface area contributed by atoms with Crippen LogP contribution in [0, 0.1) is 0 Å². The topological polar surface area (TPSA) is 78.5 Å². The number of hydrogen-bond donors (Lipinski definition) is 2. The summed E-state index contributed by atoms with van der Waals surface area (Å²) in [7, 11) is 0. The number of carbonyl (C=O) groups is 3. The van der Waals surface area contributed by atoms with E-state index in [4.69, 9.17) is 0 Å². The Bertz CT molecular complexity index is 910. The van der Waals surface area contributed by atoms with E-state index in [0.717, 1.165) is 36.1 Å². The zero-order valence-electron chi connectivity index (χ0n) is 17.0. The van der Waals surface area contributed by atoms with Crippen LogP contribution in [0.4, 0.5) is 4.79 Å². The molecule has 0 unspecified atom stereocenters. The highest BCUT2D eigenvalue weighted by atomic mass is 16.2. The molecule has 4 rings (SSSR count). The van der Waals surface area contributed by atoms with Gasteiger partial charge in [0.25, 0.3) is 5.91 Å². The van der Waals surface area contributed by atoms with Crippen molar-refractivity contribution >= 4 is 17.8 Å². The van der Waals surface area contributed by atoms with Crippen LogP contribution in [0.25, 0.3) is 0 Å². The molecule has 1 aliphatic heterocycles. The monoisotopic (exact) mass is 405 g/mol. The number of nitrogens with one attached hydrogen (secondary N) is 2. The summed E-state index contributed by atoms with van der Waals surface area (Å²) in [5, 5.41) is 5.89. The van der Waals surface area contributed by atoms with Crippen molar-refractivity contribution in [2.45, 2.75) is 50.1 Å². The molecule has 1 atom stereocenters. The van der Waals surface area contributed by atoms with Gasteiger partial charge in [-0.3, -0.25) is 14.5 Å². The predicted octanol–water partition coefficient (Wildman–Crippen LogP) is 3.13. The molecule has 0 spiro atoms. The quantitative estimate of drug-likeness (QED) is 0.725. The fourth-order valence-corrected chi connectivity index (χ4v) is 4.48. The Morgan fingerprint density at radius 1 is 0.967 bits per heavy atom. The molecule has 2 fully saturated rings. The van der Waals surface area contributed by atoms with E-state index in [1.807, 2.05) is 60.7 Å². The Kier molecular flexibility index (Phi) is 5.84. The fraction of sp³-hybridized carbons (Fsp3) is 0.375. The fourth-order valence-electron chi connectivity index (χ4n) is 4.48. The van der Waals surface area contributed by atoms with Gasteiger partial charge in [-0.25, -0.2) is 4.79 Å². The number of rotatable bonds is 6. The molecule has 1 aliphatic carbocycles. The molecule has 2 aromatic carbocycles. The van der Waals surface area contributed by atoms with Gasteiger partial charge in [0.1, 0.15) is 6.54 Å². The van der Waals surface area contributed by atoms with Crippen molar-refractivity contribution in [3.05, 3.63) is 71.8 Å². The highest BCUT2D eigenvalue weighted by Gasteiger charge is 2.52. The summed E-state index contributed by atoms with van der Waals surface area (Å²) in [5.74, 6) is -0.671. The van der Waals surface area contributed by atoms with Crippen LogP contribution < -0.4 is 10.6 Å². The van der Waals surface area contributed by atoms with Gasteiger partial charge in [-0.05, 0) is 24.0 Å². The molecule has 1 saturated heterocycles. The van der Waals surface area contributed by atoms with Gasteiger partial charge in [0.05, 0.1) is 0 Å². The molecule has 0 radical (unpaired) electrons. The first-order valence-electron chi connectivity index (χ1n) is 10.6. The van der Waals surface area contributed by atoms with E-state index in [-0.39, 0.29) is 24.4 Å². The average molecular weight is 405 g/mol. The maximum Gasteiger partial charge on any atom is 0.325 e. The number of carbonyl (C=O) groups excluding carboxylic acids is 3. The van der Waals surface area contributed by atoms with E-state index in [9.17, 15) is 14.4 Å². The Balaban J connectivity index is 1.56. The molecule has 6 nitrogen and oxygen atoms in total. The first kappa shape index (κ1) is 20.1. The van der Waals surface area contributed by atoms with Crippen LogP contribution in [-0.4, -0.2) is 35.3 Å². The summed E-state index contributed by atoms with van der Waals surface area (Å²) in [6.45, 7) is -0.259. The lowest BCUT2D eigenvalue weighted by molar-refractivity contribution is -0.135. The summed E-state index contributed by atoms with van der Waals surface area (Å²) in [6, 6.07) is 18.4. The third-order valence-corrected chi connectivity index (χ3v) is 6.03. The number of urea groups is 1. The molecule has 1 saturated carbocycles. The first-order chi connectivity index (χ1) is 14.6. The first-order valence-corrected chi connectivity index (χ1v) is 10.6. The molecule has 6 heteroatoms. The zero-order chi connectivity index (χ0) is 21.0. The third-order valence-electron chi connectivity index (χ3n) is 6.03. The van der Waals surface area contributed by atoms with Gasteiger partial charge in [0, 0.05) is 12.5 Å². The summed E-state index contributed by atoms with van der Waals surface area (Å²) in [6.07, 6.45) is 5.62. The molecular formula is C24H27N3O3. The van der Waals surface area contributed by atoms with Gasteiger partial charge >= 0.3 is 6.03 Å². The summed E-state index contributed by atoms with van der Waals surface area (Å²) in [5.41, 5.74) is 0.427. The lowest BCUT2D eigenvalue weighted by Gasteiger charge is -2.28. The number of amides is 4. The molecule has 2 aromatic rings. The van der Waals surface area contributed by atoms with Gasteiger partial charge in [0.15, 0.2) is 5.54 Å². The molecule has 0 bridgehead atoms. The molecule has 1 heterocycles. The van der Waals surface area contributed by atoms with E-state index in [0.29, 0.717) is 12.0 Å². The van der Waals surface area contributed by atoms with Gasteiger partial charge in [-0.1, -0.05) is 79.9 Å². The number of nitrogens with zero attached hydrogens (tertiary/aromatic N) is 1. The van der Waals surface area contributed by atoms with Crippen LogP contribution in [0.2, 0.25) is 0 Å². The van der Waals surface area contributed by atoms with Crippen molar-refractivity contribution in [1.82, 2.24) is 15.5 Å². The lowest BCUT2D eigenvalue weighted by Crippen LogP contribution is -2.47. The largest absolute Gasteiger partial charge is 0.352 e. The van der Waals surface area contributed by atoms with Crippen molar-refractivity contribution in [3.8, 4) is 0 Å². The highest BCUT2D eigenvalue weighted by molar-refractivity contribution is 6.09. The Hall–Kier alpha value is -3.15. The normalized spacial score (nSPS) is 22.1.